The van der Waals surface area contributed by atoms with E-state index >= 15 is 0 Å². The number of morpholine rings is 1. The van der Waals surface area contributed by atoms with Crippen LogP contribution in [0.15, 0.2) is 42.6 Å². The van der Waals surface area contributed by atoms with E-state index in [-0.39, 0.29) is 6.03 Å². The molecule has 0 bridgehead atoms. The summed E-state index contributed by atoms with van der Waals surface area (Å²) < 4.78 is 5.33. The summed E-state index contributed by atoms with van der Waals surface area (Å²) in [5.74, 6) is 0.901. The van der Waals surface area contributed by atoms with Crippen molar-refractivity contribution in [3.8, 4) is 0 Å². The van der Waals surface area contributed by atoms with Crippen molar-refractivity contribution < 1.29 is 9.53 Å². The van der Waals surface area contributed by atoms with Gasteiger partial charge in [-0.25, -0.2) is 9.78 Å². The van der Waals surface area contributed by atoms with Crippen molar-refractivity contribution in [2.45, 2.75) is 6.92 Å². The van der Waals surface area contributed by atoms with Crippen LogP contribution in [0.3, 0.4) is 0 Å². The number of ether oxygens (including phenoxy) is 1. The molecule has 6 nitrogen and oxygen atoms in total. The van der Waals surface area contributed by atoms with Gasteiger partial charge in [0.25, 0.3) is 0 Å². The van der Waals surface area contributed by atoms with Gasteiger partial charge in [-0.1, -0.05) is 12.1 Å². The van der Waals surface area contributed by atoms with Crippen molar-refractivity contribution in [1.82, 2.24) is 4.98 Å². The molecule has 1 aliphatic heterocycles. The minimum atomic E-state index is -0.281. The molecule has 2 heterocycles. The van der Waals surface area contributed by atoms with Crippen molar-refractivity contribution >= 4 is 23.2 Å². The maximum Gasteiger partial charge on any atom is 0.323 e. The van der Waals surface area contributed by atoms with E-state index in [0.29, 0.717) is 5.69 Å². The first-order valence-corrected chi connectivity index (χ1v) is 7.64. The number of hydrogen-bond acceptors (Lipinski definition) is 4. The Hall–Kier alpha value is -2.60. The van der Waals surface area contributed by atoms with Crippen LogP contribution in [-0.4, -0.2) is 37.3 Å². The third kappa shape index (κ3) is 4.20. The lowest BCUT2D eigenvalue weighted by atomic mass is 10.2. The molecular formula is C17H20N4O2. The molecule has 2 aromatic rings. The van der Waals surface area contributed by atoms with Crippen LogP contribution in [0, 0.1) is 6.92 Å². The Kier molecular flexibility index (Phi) is 4.73. The number of carbonyl (C=O) groups excluding carboxylic acids is 1. The van der Waals surface area contributed by atoms with Crippen LogP contribution >= 0.6 is 0 Å². The SMILES string of the molecule is Cc1cccc(NC(=O)Nc2ccc(N3CCOCC3)nc2)c1. The van der Waals surface area contributed by atoms with E-state index < -0.39 is 0 Å². The van der Waals surface area contributed by atoms with Crippen molar-refractivity contribution in [3.05, 3.63) is 48.2 Å². The number of carbonyl (C=O) groups is 1. The monoisotopic (exact) mass is 312 g/mol. The van der Waals surface area contributed by atoms with E-state index in [4.69, 9.17) is 4.74 Å². The zero-order chi connectivity index (χ0) is 16.1. The fourth-order valence-electron chi connectivity index (χ4n) is 2.46. The Balaban J connectivity index is 1.58. The zero-order valence-corrected chi connectivity index (χ0v) is 13.1. The van der Waals surface area contributed by atoms with E-state index in [2.05, 4.69) is 20.5 Å². The number of hydrogen-bond donors (Lipinski definition) is 2. The van der Waals surface area contributed by atoms with Crippen LogP contribution in [0.1, 0.15) is 5.56 Å². The van der Waals surface area contributed by atoms with Gasteiger partial charge in [-0.05, 0) is 36.8 Å². The van der Waals surface area contributed by atoms with E-state index in [0.717, 1.165) is 43.4 Å². The highest BCUT2D eigenvalue weighted by atomic mass is 16.5. The highest BCUT2D eigenvalue weighted by Gasteiger charge is 2.12. The highest BCUT2D eigenvalue weighted by molar-refractivity contribution is 5.99. The number of aryl methyl sites for hydroxylation is 1. The van der Waals surface area contributed by atoms with Crippen LogP contribution in [-0.2, 0) is 4.74 Å². The van der Waals surface area contributed by atoms with Crippen LogP contribution in [0.4, 0.5) is 22.0 Å². The summed E-state index contributed by atoms with van der Waals surface area (Å²) >= 11 is 0. The lowest BCUT2D eigenvalue weighted by molar-refractivity contribution is 0.122. The number of amides is 2. The molecule has 0 saturated carbocycles. The molecule has 2 N–H and O–H groups in total. The van der Waals surface area contributed by atoms with Crippen LogP contribution < -0.4 is 15.5 Å². The molecule has 0 atom stereocenters. The van der Waals surface area contributed by atoms with Gasteiger partial charge < -0.3 is 20.3 Å². The molecular weight excluding hydrogens is 292 g/mol. The van der Waals surface area contributed by atoms with Gasteiger partial charge in [0, 0.05) is 18.8 Å². The molecule has 3 rings (SSSR count). The molecule has 0 aliphatic carbocycles. The molecule has 1 aromatic heterocycles. The van der Waals surface area contributed by atoms with Crippen molar-refractivity contribution in [2.24, 2.45) is 0 Å². The summed E-state index contributed by atoms with van der Waals surface area (Å²) in [5, 5.41) is 5.59. The molecule has 1 aromatic carbocycles. The van der Waals surface area contributed by atoms with Gasteiger partial charge in [0.05, 0.1) is 25.1 Å². The molecule has 1 fully saturated rings. The predicted octanol–water partition coefficient (Wildman–Crippen LogP) is 2.87. The van der Waals surface area contributed by atoms with Gasteiger partial charge in [-0.2, -0.15) is 0 Å². The molecule has 23 heavy (non-hydrogen) atoms. The summed E-state index contributed by atoms with van der Waals surface area (Å²) in [7, 11) is 0. The number of benzene rings is 1. The Labute approximate surface area is 135 Å². The Morgan fingerprint density at radius 1 is 1.13 bits per heavy atom. The average molecular weight is 312 g/mol. The van der Waals surface area contributed by atoms with Gasteiger partial charge in [0.1, 0.15) is 5.82 Å². The maximum absolute atomic E-state index is 12.0. The Morgan fingerprint density at radius 3 is 2.61 bits per heavy atom. The first-order chi connectivity index (χ1) is 11.2. The minimum absolute atomic E-state index is 0.281. The first kappa shape index (κ1) is 15.3. The van der Waals surface area contributed by atoms with Crippen LogP contribution in [0.5, 0.6) is 0 Å². The van der Waals surface area contributed by atoms with Gasteiger partial charge in [0.15, 0.2) is 0 Å². The second-order valence-electron chi connectivity index (χ2n) is 5.45. The number of pyridine rings is 1. The second kappa shape index (κ2) is 7.11. The van der Waals surface area contributed by atoms with Gasteiger partial charge in [-0.3, -0.25) is 0 Å². The number of nitrogens with zero attached hydrogens (tertiary/aromatic N) is 2. The Bertz CT molecular complexity index is 667. The second-order valence-corrected chi connectivity index (χ2v) is 5.45. The first-order valence-electron chi connectivity index (χ1n) is 7.64. The summed E-state index contributed by atoms with van der Waals surface area (Å²) in [6.07, 6.45) is 1.67. The lowest BCUT2D eigenvalue weighted by Gasteiger charge is -2.27. The quantitative estimate of drug-likeness (QED) is 0.914. The fraction of sp³-hybridized carbons (Fsp3) is 0.294. The number of aromatic nitrogens is 1. The average Bonchev–Trinajstić information content (AvgIpc) is 2.56. The van der Waals surface area contributed by atoms with E-state index in [1.54, 1.807) is 6.20 Å². The summed E-state index contributed by atoms with van der Waals surface area (Å²) in [4.78, 5) is 18.6. The smallest absolute Gasteiger partial charge is 0.323 e. The van der Waals surface area contributed by atoms with Crippen molar-refractivity contribution in [1.29, 1.82) is 0 Å². The molecule has 0 radical (unpaired) electrons. The standard InChI is InChI=1S/C17H20N4O2/c1-13-3-2-4-14(11-13)19-17(22)20-15-5-6-16(18-12-15)21-7-9-23-10-8-21/h2-6,11-12H,7-10H2,1H3,(H2,19,20,22). The largest absolute Gasteiger partial charge is 0.378 e. The maximum atomic E-state index is 12.0. The third-order valence-electron chi connectivity index (χ3n) is 3.62. The van der Waals surface area contributed by atoms with E-state index in [1.807, 2.05) is 43.3 Å². The van der Waals surface area contributed by atoms with Crippen LogP contribution in [0.2, 0.25) is 0 Å². The molecule has 1 aliphatic rings. The van der Waals surface area contributed by atoms with Crippen molar-refractivity contribution in [2.75, 3.05) is 41.8 Å². The molecule has 120 valence electrons. The summed E-state index contributed by atoms with van der Waals surface area (Å²) in [6.45, 7) is 5.11. The number of anilines is 3. The number of rotatable bonds is 3. The van der Waals surface area contributed by atoms with Gasteiger partial charge in [-0.15, -0.1) is 0 Å². The molecule has 6 heteroatoms. The molecule has 2 amide bonds. The lowest BCUT2D eigenvalue weighted by Crippen LogP contribution is -2.36. The van der Waals surface area contributed by atoms with Gasteiger partial charge >= 0.3 is 6.03 Å². The highest BCUT2D eigenvalue weighted by Crippen LogP contribution is 2.16. The van der Waals surface area contributed by atoms with E-state index in [9.17, 15) is 4.79 Å². The fourth-order valence-corrected chi connectivity index (χ4v) is 2.46. The van der Waals surface area contributed by atoms with Crippen LogP contribution in [0.25, 0.3) is 0 Å². The molecule has 0 unspecified atom stereocenters. The van der Waals surface area contributed by atoms with Crippen molar-refractivity contribution in [3.63, 3.8) is 0 Å². The van der Waals surface area contributed by atoms with Gasteiger partial charge in [0.2, 0.25) is 0 Å². The topological polar surface area (TPSA) is 66.5 Å². The predicted molar refractivity (Wildman–Crippen MR) is 91.1 cm³/mol. The number of urea groups is 1. The minimum Gasteiger partial charge on any atom is -0.378 e. The van der Waals surface area contributed by atoms with E-state index in [1.165, 1.54) is 0 Å². The summed E-state index contributed by atoms with van der Waals surface area (Å²) in [5.41, 5.74) is 2.52. The normalized spacial score (nSPS) is 14.4. The molecule has 0 spiro atoms. The summed E-state index contributed by atoms with van der Waals surface area (Å²) in [6, 6.07) is 11.1. The Morgan fingerprint density at radius 2 is 1.91 bits per heavy atom. The number of nitrogens with one attached hydrogen (secondary N) is 2. The molecule has 1 saturated heterocycles. The zero-order valence-electron chi connectivity index (χ0n) is 13.1. The third-order valence-corrected chi connectivity index (χ3v) is 3.62.